The standard InChI is InChI=1S/C30H29BrN6O4S/c1-36-27(17-32-29(39)21-5-4-6-24(15-21)41-3)33-34-30(36)42-18-28(38)37-26(20-9-13-23(40-2)14-10-20)16-25(35-37)19-7-11-22(31)12-8-19/h4-15,26H,16-18H2,1-3H3,(H,32,39)/t26-/m1/s1. The first kappa shape index (κ1) is 29.3. The molecule has 0 fully saturated rings. The number of nitrogens with zero attached hydrogens (tertiary/aromatic N) is 5. The molecule has 0 aliphatic carbocycles. The quantitative estimate of drug-likeness (QED) is 0.241. The molecule has 5 rings (SSSR count). The van der Waals surface area contributed by atoms with E-state index in [0.29, 0.717) is 28.7 Å². The molecule has 2 heterocycles. The number of carbonyl (C=O) groups excluding carboxylic acids is 2. The van der Waals surface area contributed by atoms with E-state index in [0.717, 1.165) is 27.1 Å². The van der Waals surface area contributed by atoms with Gasteiger partial charge in [0.05, 0.1) is 38.3 Å². The summed E-state index contributed by atoms with van der Waals surface area (Å²) in [6.07, 6.45) is 0.589. The molecular formula is C30H29BrN6O4S. The van der Waals surface area contributed by atoms with Crippen molar-refractivity contribution < 1.29 is 19.1 Å². The smallest absolute Gasteiger partial charge is 0.253 e. The molecule has 12 heteroatoms. The monoisotopic (exact) mass is 648 g/mol. The molecule has 42 heavy (non-hydrogen) atoms. The lowest BCUT2D eigenvalue weighted by Crippen LogP contribution is -2.28. The minimum absolute atomic E-state index is 0.117. The van der Waals surface area contributed by atoms with E-state index in [1.165, 1.54) is 11.8 Å². The number of carbonyl (C=O) groups is 2. The number of amides is 2. The van der Waals surface area contributed by atoms with E-state index in [4.69, 9.17) is 14.6 Å². The number of halogens is 1. The molecule has 1 aromatic heterocycles. The van der Waals surface area contributed by atoms with Crippen LogP contribution < -0.4 is 14.8 Å². The summed E-state index contributed by atoms with van der Waals surface area (Å²) in [6.45, 7) is 0.181. The van der Waals surface area contributed by atoms with Crippen LogP contribution in [0.1, 0.15) is 39.8 Å². The molecule has 0 spiro atoms. The lowest BCUT2D eigenvalue weighted by molar-refractivity contribution is -0.130. The average molecular weight is 650 g/mol. The second kappa shape index (κ2) is 13.2. The number of nitrogens with one attached hydrogen (secondary N) is 1. The summed E-state index contributed by atoms with van der Waals surface area (Å²) in [7, 11) is 4.98. The number of aromatic nitrogens is 3. The van der Waals surface area contributed by atoms with Gasteiger partial charge in [-0.1, -0.05) is 58.0 Å². The molecule has 0 radical (unpaired) electrons. The largest absolute Gasteiger partial charge is 0.497 e. The van der Waals surface area contributed by atoms with Crippen LogP contribution >= 0.6 is 27.7 Å². The van der Waals surface area contributed by atoms with Gasteiger partial charge in [-0.05, 0) is 53.6 Å². The van der Waals surface area contributed by atoms with Crippen molar-refractivity contribution in [1.82, 2.24) is 25.1 Å². The zero-order chi connectivity index (χ0) is 29.6. The number of hydrogen-bond acceptors (Lipinski definition) is 8. The molecular weight excluding hydrogens is 620 g/mol. The van der Waals surface area contributed by atoms with Crippen LogP contribution in [0.25, 0.3) is 0 Å². The molecule has 1 atom stereocenters. The van der Waals surface area contributed by atoms with Gasteiger partial charge in [-0.15, -0.1) is 10.2 Å². The highest BCUT2D eigenvalue weighted by molar-refractivity contribution is 9.10. The first-order valence-electron chi connectivity index (χ1n) is 13.1. The number of hydrogen-bond donors (Lipinski definition) is 1. The van der Waals surface area contributed by atoms with E-state index >= 15 is 0 Å². The third-order valence-electron chi connectivity index (χ3n) is 6.83. The maximum Gasteiger partial charge on any atom is 0.253 e. The number of thioether (sulfide) groups is 1. The van der Waals surface area contributed by atoms with Crippen LogP contribution in [-0.2, 0) is 18.4 Å². The maximum atomic E-state index is 13.5. The van der Waals surface area contributed by atoms with Crippen LogP contribution in [0.5, 0.6) is 11.5 Å². The SMILES string of the molecule is COc1ccc([C@H]2CC(c3ccc(Br)cc3)=NN2C(=O)CSc2nnc(CNC(=O)c3cccc(OC)c3)n2C)cc1. The van der Waals surface area contributed by atoms with Crippen LogP contribution in [0.2, 0.25) is 0 Å². The van der Waals surface area contributed by atoms with Crippen molar-refractivity contribution in [3.8, 4) is 11.5 Å². The summed E-state index contributed by atoms with van der Waals surface area (Å²) in [5.74, 6) is 1.63. The van der Waals surface area contributed by atoms with E-state index in [-0.39, 0.29) is 30.2 Å². The van der Waals surface area contributed by atoms with Crippen molar-refractivity contribution in [3.63, 3.8) is 0 Å². The van der Waals surface area contributed by atoms with E-state index in [2.05, 4.69) is 31.4 Å². The topological polar surface area (TPSA) is 111 Å². The predicted molar refractivity (Wildman–Crippen MR) is 164 cm³/mol. The maximum absolute atomic E-state index is 13.5. The molecule has 1 aliphatic rings. The lowest BCUT2D eigenvalue weighted by atomic mass is 9.98. The molecule has 3 aromatic carbocycles. The highest BCUT2D eigenvalue weighted by atomic mass is 79.9. The summed E-state index contributed by atoms with van der Waals surface area (Å²) in [4.78, 5) is 26.1. The Hall–Kier alpha value is -4.16. The minimum Gasteiger partial charge on any atom is -0.497 e. The second-order valence-electron chi connectivity index (χ2n) is 9.45. The Morgan fingerprint density at radius 1 is 1.00 bits per heavy atom. The molecule has 2 amide bonds. The Morgan fingerprint density at radius 2 is 1.74 bits per heavy atom. The van der Waals surface area contributed by atoms with E-state index in [1.54, 1.807) is 55.1 Å². The molecule has 4 aromatic rings. The zero-order valence-electron chi connectivity index (χ0n) is 23.3. The molecule has 0 saturated carbocycles. The summed E-state index contributed by atoms with van der Waals surface area (Å²) in [5.41, 5.74) is 3.26. The van der Waals surface area contributed by atoms with Gasteiger partial charge in [-0.25, -0.2) is 5.01 Å². The number of methoxy groups -OCH3 is 2. The number of rotatable bonds is 10. The highest BCUT2D eigenvalue weighted by Gasteiger charge is 2.33. The van der Waals surface area contributed by atoms with Crippen LogP contribution in [-0.4, -0.2) is 57.3 Å². The van der Waals surface area contributed by atoms with Crippen LogP contribution in [0.3, 0.4) is 0 Å². The Balaban J connectivity index is 1.26. The molecule has 1 N–H and O–H groups in total. The third-order valence-corrected chi connectivity index (χ3v) is 8.37. The first-order chi connectivity index (χ1) is 20.4. The van der Waals surface area contributed by atoms with Crippen molar-refractivity contribution in [3.05, 3.63) is 99.8 Å². The van der Waals surface area contributed by atoms with E-state index in [1.807, 2.05) is 48.5 Å². The van der Waals surface area contributed by atoms with Crippen LogP contribution in [0.15, 0.2) is 87.5 Å². The van der Waals surface area contributed by atoms with Crippen molar-refractivity contribution in [1.29, 1.82) is 0 Å². The van der Waals surface area contributed by atoms with Crippen LogP contribution in [0, 0.1) is 0 Å². The zero-order valence-corrected chi connectivity index (χ0v) is 25.7. The van der Waals surface area contributed by atoms with Gasteiger partial charge in [0, 0.05) is 23.5 Å². The molecule has 0 unspecified atom stereocenters. The highest BCUT2D eigenvalue weighted by Crippen LogP contribution is 2.34. The second-order valence-corrected chi connectivity index (χ2v) is 11.3. The average Bonchev–Trinajstić information content (AvgIpc) is 3.63. The van der Waals surface area contributed by atoms with Crippen molar-refractivity contribution in [2.75, 3.05) is 20.0 Å². The fourth-order valence-electron chi connectivity index (χ4n) is 4.49. The Bertz CT molecular complexity index is 1610. The van der Waals surface area contributed by atoms with Gasteiger partial charge < -0.3 is 19.4 Å². The number of hydrazone groups is 1. The Morgan fingerprint density at radius 3 is 2.45 bits per heavy atom. The molecule has 10 nitrogen and oxygen atoms in total. The molecule has 216 valence electrons. The molecule has 0 bridgehead atoms. The van der Waals surface area contributed by atoms with Gasteiger partial charge in [0.15, 0.2) is 11.0 Å². The molecule has 0 saturated heterocycles. The van der Waals surface area contributed by atoms with Crippen molar-refractivity contribution in [2.24, 2.45) is 12.1 Å². The summed E-state index contributed by atoms with van der Waals surface area (Å²) in [6, 6.07) is 22.3. The first-order valence-corrected chi connectivity index (χ1v) is 14.9. The van der Waals surface area contributed by atoms with E-state index < -0.39 is 0 Å². The Labute approximate surface area is 256 Å². The van der Waals surface area contributed by atoms with Crippen molar-refractivity contribution in [2.45, 2.75) is 24.2 Å². The fraction of sp³-hybridized carbons (Fsp3) is 0.233. The summed E-state index contributed by atoms with van der Waals surface area (Å²) >= 11 is 4.75. The lowest BCUT2D eigenvalue weighted by Gasteiger charge is -2.22. The fourth-order valence-corrected chi connectivity index (χ4v) is 5.53. The van der Waals surface area contributed by atoms with Gasteiger partial charge in [0.25, 0.3) is 11.8 Å². The third kappa shape index (κ3) is 6.66. The normalized spacial score (nSPS) is 14.4. The number of benzene rings is 3. The summed E-state index contributed by atoms with van der Waals surface area (Å²) < 4.78 is 13.2. The van der Waals surface area contributed by atoms with Gasteiger partial charge in [-0.3, -0.25) is 9.59 Å². The van der Waals surface area contributed by atoms with Gasteiger partial charge in [0.2, 0.25) is 0 Å². The van der Waals surface area contributed by atoms with Gasteiger partial charge >= 0.3 is 0 Å². The van der Waals surface area contributed by atoms with Gasteiger partial charge in [-0.2, -0.15) is 5.10 Å². The molecule has 1 aliphatic heterocycles. The van der Waals surface area contributed by atoms with Gasteiger partial charge in [0.1, 0.15) is 11.5 Å². The minimum atomic E-state index is -0.251. The Kier molecular flexibility index (Phi) is 9.23. The predicted octanol–water partition coefficient (Wildman–Crippen LogP) is 4.99. The summed E-state index contributed by atoms with van der Waals surface area (Å²) in [5, 5.41) is 18.2. The van der Waals surface area contributed by atoms with Crippen LogP contribution in [0.4, 0.5) is 0 Å². The van der Waals surface area contributed by atoms with E-state index in [9.17, 15) is 9.59 Å². The van der Waals surface area contributed by atoms with Crippen molar-refractivity contribution >= 4 is 45.2 Å². The number of ether oxygens (including phenoxy) is 2.